The molecule has 0 N–H and O–H groups in total. The van der Waals surface area contributed by atoms with Crippen molar-refractivity contribution < 1.29 is 24.4 Å². The predicted molar refractivity (Wildman–Crippen MR) is 281 cm³/mol. The summed E-state index contributed by atoms with van der Waals surface area (Å²) in [4.78, 5) is 5.15. The fraction of sp³-hybridized carbons (Fsp3) is 0.143. The minimum Gasteiger partial charge on any atom is -0.458 e. The number of fused-ring (bicyclic) bond motifs is 4. The lowest BCUT2D eigenvalue weighted by Crippen LogP contribution is -2.31. The van der Waals surface area contributed by atoms with Gasteiger partial charge in [-0.3, -0.25) is 13.7 Å². The summed E-state index contributed by atoms with van der Waals surface area (Å²) >= 11 is 0. The van der Waals surface area contributed by atoms with Crippen molar-refractivity contribution in [3.05, 3.63) is 224 Å². The standard InChI is InChI=1S/C63H54N4O/c1-6-43(7-2)54-40-61(64-41-56(54)46-25-15-10-16-26-46)67-57-36-33-47(63(3,4)5)37-55(57)53-35-34-50(39-60(53)67)68-49-28-19-27-48(38-49)65-42-66(59-32-18-17-31-58(59)65)62-51(44-21-11-8-12-22-44)29-20-30-52(62)45-23-13-9-14-24-45/h8-41,43H,6-7H2,1-5H3/i8D,9D,11D,12D,13D,14D,21D,22D,23D,24D,43D. The second-order valence-corrected chi connectivity index (χ2v) is 17.8. The summed E-state index contributed by atoms with van der Waals surface area (Å²) in [6.07, 6.45) is 6.58. The predicted octanol–water partition coefficient (Wildman–Crippen LogP) is 16.2. The van der Waals surface area contributed by atoms with Crippen LogP contribution in [0.4, 0.5) is 0 Å². The molecule has 68 heavy (non-hydrogen) atoms. The molecule has 5 heteroatoms. The molecular formula is C63H54N4O. The van der Waals surface area contributed by atoms with Gasteiger partial charge in [-0.25, -0.2) is 4.98 Å². The highest BCUT2D eigenvalue weighted by molar-refractivity contribution is 6.10. The molecule has 0 aliphatic rings. The lowest BCUT2D eigenvalue weighted by Gasteiger charge is -2.20. The summed E-state index contributed by atoms with van der Waals surface area (Å²) in [5.41, 5.74) is 7.72. The molecule has 0 fully saturated rings. The van der Waals surface area contributed by atoms with Crippen LogP contribution in [-0.4, -0.2) is 14.1 Å². The molecule has 3 aromatic heterocycles. The average Bonchev–Trinajstić information content (AvgIpc) is 4.23. The molecule has 5 nitrogen and oxygen atoms in total. The quantitative estimate of drug-likeness (QED) is 0.0958. The van der Waals surface area contributed by atoms with Gasteiger partial charge in [-0.1, -0.05) is 180 Å². The van der Waals surface area contributed by atoms with Gasteiger partial charge in [-0.05, 0) is 112 Å². The molecule has 0 aliphatic carbocycles. The molecule has 0 atom stereocenters. The number of ether oxygens (including phenoxy) is 1. The maximum atomic E-state index is 9.76. The molecule has 0 radical (unpaired) electrons. The lowest BCUT2D eigenvalue weighted by atomic mass is 9.86. The Bertz CT molecular complexity index is 4130. The van der Waals surface area contributed by atoms with Crippen molar-refractivity contribution in [2.75, 3.05) is 0 Å². The zero-order valence-electron chi connectivity index (χ0n) is 49.5. The molecule has 11 rings (SSSR count). The van der Waals surface area contributed by atoms with Gasteiger partial charge in [0.2, 0.25) is 0 Å². The Balaban J connectivity index is 1.08. The summed E-state index contributed by atoms with van der Waals surface area (Å²) in [6, 6.07) is 39.1. The van der Waals surface area contributed by atoms with Crippen LogP contribution in [0.3, 0.4) is 0 Å². The Morgan fingerprint density at radius 2 is 1.29 bits per heavy atom. The molecule has 0 aliphatic heterocycles. The lowest BCUT2D eigenvalue weighted by molar-refractivity contribution is -0.571. The largest absolute Gasteiger partial charge is 0.458 e. The number of benzene rings is 8. The Morgan fingerprint density at radius 3 is 2.00 bits per heavy atom. The summed E-state index contributed by atoms with van der Waals surface area (Å²) in [7, 11) is 0. The molecule has 3 heterocycles. The number of nitrogens with zero attached hydrogens (tertiary/aromatic N) is 4. The third-order valence-corrected chi connectivity index (χ3v) is 12.7. The van der Waals surface area contributed by atoms with E-state index in [0.29, 0.717) is 46.9 Å². The zero-order chi connectivity index (χ0) is 56.0. The topological polar surface area (TPSA) is 35.9 Å². The van der Waals surface area contributed by atoms with E-state index in [1.165, 1.54) is 5.56 Å². The van der Waals surface area contributed by atoms with Crippen LogP contribution >= 0.6 is 0 Å². The Labute approximate surface area is 414 Å². The van der Waals surface area contributed by atoms with Gasteiger partial charge in [0.1, 0.15) is 17.3 Å². The minimum atomic E-state index is -0.873. The average molecular weight is 894 g/mol. The van der Waals surface area contributed by atoms with Crippen molar-refractivity contribution in [1.29, 1.82) is 0 Å². The number of pyridine rings is 1. The Morgan fingerprint density at radius 1 is 0.618 bits per heavy atom. The van der Waals surface area contributed by atoms with Crippen LogP contribution in [0.5, 0.6) is 11.5 Å². The van der Waals surface area contributed by atoms with Crippen LogP contribution in [0.15, 0.2) is 206 Å². The second kappa shape index (κ2) is 17.7. The van der Waals surface area contributed by atoms with E-state index >= 15 is 0 Å². The van der Waals surface area contributed by atoms with Crippen LogP contribution in [0, 0.1) is 6.33 Å². The third kappa shape index (κ3) is 7.74. The highest BCUT2D eigenvalue weighted by atomic mass is 16.5. The zero-order valence-corrected chi connectivity index (χ0v) is 38.5. The number of imidazole rings is 1. The van der Waals surface area contributed by atoms with E-state index in [-0.39, 0.29) is 33.4 Å². The van der Waals surface area contributed by atoms with Gasteiger partial charge in [0, 0.05) is 30.0 Å². The maximum absolute atomic E-state index is 9.76. The van der Waals surface area contributed by atoms with Crippen LogP contribution in [0.25, 0.3) is 83.4 Å². The molecule has 0 saturated carbocycles. The van der Waals surface area contributed by atoms with Crippen LogP contribution in [0.1, 0.15) is 79.6 Å². The van der Waals surface area contributed by atoms with Gasteiger partial charge in [0.15, 0.2) is 0 Å². The van der Waals surface area contributed by atoms with E-state index in [4.69, 9.17) is 23.4 Å². The summed E-state index contributed by atoms with van der Waals surface area (Å²) in [5, 5.41) is 2.06. The van der Waals surface area contributed by atoms with E-state index in [0.717, 1.165) is 38.5 Å². The molecule has 0 spiro atoms. The second-order valence-electron chi connectivity index (χ2n) is 17.8. The maximum Gasteiger partial charge on any atom is 0.269 e. The smallest absolute Gasteiger partial charge is 0.269 e. The molecule has 8 aromatic carbocycles. The monoisotopic (exact) mass is 893 g/mol. The fourth-order valence-electron chi connectivity index (χ4n) is 9.31. The highest BCUT2D eigenvalue weighted by Crippen LogP contribution is 2.41. The SMILES string of the molecule is [2H]c1c([2H])c([2H])c(-c2cccc(-c3c([2H])c([2H])c([2H])c([2H])c3[2H])c2-[n+]2[c-]n(-c3cccc(Oc4ccc5c6cc(C(C)(C)C)ccc6n(-c6cc(C([2H])(CC)CC)c(-c7ccccc7)cn6)c5c4)c3)c3ccccc32)c([2H])c1[2H]. The number of hydrogen-bond donors (Lipinski definition) is 0. The molecule has 332 valence electrons. The first kappa shape index (κ1) is 31.8. The van der Waals surface area contributed by atoms with E-state index in [1.54, 1.807) is 27.3 Å². The van der Waals surface area contributed by atoms with Crippen LogP contribution in [-0.2, 0) is 5.41 Å². The summed E-state index contributed by atoms with van der Waals surface area (Å²) < 4.78 is 110. The first-order valence-electron chi connectivity index (χ1n) is 28.4. The Hall–Kier alpha value is -8.02. The first-order chi connectivity index (χ1) is 37.8. The van der Waals surface area contributed by atoms with Gasteiger partial charge in [0.05, 0.1) is 47.1 Å². The first-order valence-corrected chi connectivity index (χ1v) is 22.9. The number of rotatable bonds is 11. The molecule has 0 saturated heterocycles. The van der Waals surface area contributed by atoms with E-state index in [9.17, 15) is 1.37 Å². The summed E-state index contributed by atoms with van der Waals surface area (Å²) in [6.45, 7) is 10.7. The van der Waals surface area contributed by atoms with Gasteiger partial charge in [-0.2, -0.15) is 0 Å². The molecule has 0 amide bonds. The van der Waals surface area contributed by atoms with Crippen molar-refractivity contribution in [2.45, 2.75) is 58.8 Å². The van der Waals surface area contributed by atoms with Crippen molar-refractivity contribution in [3.63, 3.8) is 0 Å². The van der Waals surface area contributed by atoms with Crippen molar-refractivity contribution in [1.82, 2.24) is 14.1 Å². The molecular weight excluding hydrogens is 829 g/mol. The van der Waals surface area contributed by atoms with Crippen molar-refractivity contribution in [3.8, 4) is 62.1 Å². The third-order valence-electron chi connectivity index (χ3n) is 12.7. The van der Waals surface area contributed by atoms with Crippen LogP contribution < -0.4 is 9.30 Å². The van der Waals surface area contributed by atoms with E-state index in [2.05, 4.69) is 88.0 Å². The van der Waals surface area contributed by atoms with Crippen molar-refractivity contribution in [2.24, 2.45) is 0 Å². The van der Waals surface area contributed by atoms with E-state index in [1.807, 2.05) is 85.1 Å². The number of hydrogen-bond acceptors (Lipinski definition) is 2. The van der Waals surface area contributed by atoms with E-state index < -0.39 is 66.3 Å². The highest BCUT2D eigenvalue weighted by Gasteiger charge is 2.23. The Kier molecular flexibility index (Phi) is 8.26. The molecule has 11 aromatic rings. The normalized spacial score (nSPS) is 14.3. The number of aromatic nitrogens is 4. The van der Waals surface area contributed by atoms with Crippen LogP contribution in [0.2, 0.25) is 0 Å². The summed E-state index contributed by atoms with van der Waals surface area (Å²) in [5.74, 6) is 0.851. The number of para-hydroxylation sites is 3. The van der Waals surface area contributed by atoms with Gasteiger partial charge >= 0.3 is 0 Å². The fourth-order valence-corrected chi connectivity index (χ4v) is 9.31. The van der Waals surface area contributed by atoms with Crippen molar-refractivity contribution >= 4 is 32.8 Å². The molecule has 0 bridgehead atoms. The van der Waals surface area contributed by atoms with Gasteiger partial charge in [0.25, 0.3) is 6.33 Å². The minimum absolute atomic E-state index is 0.116. The molecule has 0 unspecified atom stereocenters. The van der Waals surface area contributed by atoms with Gasteiger partial charge in [-0.15, -0.1) is 0 Å². The van der Waals surface area contributed by atoms with Gasteiger partial charge < -0.3 is 4.74 Å².